The first-order valence-electron chi connectivity index (χ1n) is 8.97. The van der Waals surface area contributed by atoms with Crippen LogP contribution in [0.5, 0.6) is 5.75 Å². The number of halogens is 3. The summed E-state index contributed by atoms with van der Waals surface area (Å²) in [5.41, 5.74) is 9.32. The zero-order valence-corrected chi connectivity index (χ0v) is 18.4. The van der Waals surface area contributed by atoms with Gasteiger partial charge in [0.1, 0.15) is 5.75 Å². The lowest BCUT2D eigenvalue weighted by Gasteiger charge is -2.13. The molecule has 0 aliphatic carbocycles. The number of hydrogen-bond acceptors (Lipinski definition) is 3. The van der Waals surface area contributed by atoms with Gasteiger partial charge in [0.25, 0.3) is 0 Å². The molecule has 3 rings (SSSR count). The summed E-state index contributed by atoms with van der Waals surface area (Å²) in [6.07, 6.45) is 0.109. The highest BCUT2D eigenvalue weighted by atomic mass is 35.5. The molecule has 6 heteroatoms. The quantitative estimate of drug-likeness (QED) is 0.422. The van der Waals surface area contributed by atoms with Crippen LogP contribution in [0.3, 0.4) is 0 Å². The smallest absolute Gasteiger partial charge is 0.184 e. The van der Waals surface area contributed by atoms with E-state index in [0.717, 1.165) is 16.9 Å². The summed E-state index contributed by atoms with van der Waals surface area (Å²) < 4.78 is 5.75. The maximum Gasteiger partial charge on any atom is 0.184 e. The third-order valence-corrected chi connectivity index (χ3v) is 5.03. The second-order valence-electron chi connectivity index (χ2n) is 6.79. The number of benzene rings is 3. The van der Waals surface area contributed by atoms with E-state index in [0.29, 0.717) is 21.2 Å². The van der Waals surface area contributed by atoms with Crippen molar-refractivity contribution < 1.29 is 9.53 Å². The molecule has 2 N–H and O–H groups in total. The van der Waals surface area contributed by atoms with Gasteiger partial charge in [0.15, 0.2) is 5.78 Å². The van der Waals surface area contributed by atoms with Crippen molar-refractivity contribution in [3.8, 4) is 16.9 Å². The standard InChI is InChI=1S/C23H21Cl2NO2.ClH/c1-14(2)28-19-5-3-4-17(12-19)15-6-8-16(9-7-15)23(27)22(26)18-10-11-20(24)21(25)13-18;/h3-14,22H,26H2,1-2H3;1H. The highest BCUT2D eigenvalue weighted by Gasteiger charge is 2.18. The molecule has 0 bridgehead atoms. The second-order valence-corrected chi connectivity index (χ2v) is 7.60. The first kappa shape index (κ1) is 23.2. The Kier molecular flexibility index (Phi) is 8.12. The van der Waals surface area contributed by atoms with Gasteiger partial charge in [-0.25, -0.2) is 0 Å². The molecular weight excluding hydrogens is 429 g/mol. The summed E-state index contributed by atoms with van der Waals surface area (Å²) in [5.74, 6) is 0.635. The Balaban J connectivity index is 0.00000300. The number of Topliss-reactive ketones (excluding diaryl/α,β-unsaturated/α-hetero) is 1. The first-order valence-corrected chi connectivity index (χ1v) is 9.72. The van der Waals surface area contributed by atoms with Gasteiger partial charge in [-0.15, -0.1) is 12.4 Å². The zero-order valence-electron chi connectivity index (χ0n) is 16.1. The van der Waals surface area contributed by atoms with Crippen molar-refractivity contribution in [2.45, 2.75) is 26.0 Å². The molecule has 29 heavy (non-hydrogen) atoms. The number of carbonyl (C=O) groups excluding carboxylic acids is 1. The van der Waals surface area contributed by atoms with E-state index in [9.17, 15) is 4.79 Å². The minimum absolute atomic E-state index is 0. The SMILES string of the molecule is CC(C)Oc1cccc(-c2ccc(C(=O)C(N)c3ccc(Cl)c(Cl)c3)cc2)c1.Cl. The van der Waals surface area contributed by atoms with Crippen LogP contribution >= 0.6 is 35.6 Å². The average Bonchev–Trinajstić information content (AvgIpc) is 2.69. The maximum absolute atomic E-state index is 12.7. The van der Waals surface area contributed by atoms with Gasteiger partial charge < -0.3 is 10.5 Å². The van der Waals surface area contributed by atoms with Gasteiger partial charge in [-0.2, -0.15) is 0 Å². The lowest BCUT2D eigenvalue weighted by atomic mass is 9.96. The number of ether oxygens (including phenoxy) is 1. The van der Waals surface area contributed by atoms with E-state index in [-0.39, 0.29) is 24.3 Å². The fourth-order valence-corrected chi connectivity index (χ4v) is 3.19. The Bertz CT molecular complexity index is 988. The van der Waals surface area contributed by atoms with Crippen LogP contribution in [-0.2, 0) is 0 Å². The Morgan fingerprint density at radius 3 is 2.21 bits per heavy atom. The molecule has 0 aliphatic rings. The van der Waals surface area contributed by atoms with Crippen LogP contribution in [0.1, 0.15) is 35.8 Å². The molecule has 0 aliphatic heterocycles. The van der Waals surface area contributed by atoms with Crippen LogP contribution in [0, 0.1) is 0 Å². The van der Waals surface area contributed by atoms with E-state index < -0.39 is 6.04 Å². The van der Waals surface area contributed by atoms with Crippen molar-refractivity contribution in [1.29, 1.82) is 0 Å². The van der Waals surface area contributed by atoms with E-state index in [1.165, 1.54) is 0 Å². The Morgan fingerprint density at radius 1 is 0.897 bits per heavy atom. The minimum atomic E-state index is -0.802. The van der Waals surface area contributed by atoms with E-state index in [1.807, 2.05) is 50.2 Å². The van der Waals surface area contributed by atoms with Crippen molar-refractivity contribution in [2.24, 2.45) is 5.73 Å². The molecule has 3 aromatic carbocycles. The van der Waals surface area contributed by atoms with Crippen LogP contribution in [0.15, 0.2) is 66.7 Å². The predicted octanol–water partition coefficient (Wildman–Crippen LogP) is 6.75. The molecule has 1 atom stereocenters. The minimum Gasteiger partial charge on any atom is -0.491 e. The monoisotopic (exact) mass is 449 g/mol. The van der Waals surface area contributed by atoms with Crippen LogP contribution in [0.25, 0.3) is 11.1 Å². The highest BCUT2D eigenvalue weighted by molar-refractivity contribution is 6.42. The summed E-state index contributed by atoms with van der Waals surface area (Å²) in [4.78, 5) is 12.7. The molecule has 0 saturated carbocycles. The second kappa shape index (κ2) is 10.1. The summed E-state index contributed by atoms with van der Waals surface area (Å²) in [7, 11) is 0. The van der Waals surface area contributed by atoms with Crippen molar-refractivity contribution >= 4 is 41.4 Å². The Hall–Kier alpha value is -2.04. The molecule has 152 valence electrons. The number of hydrogen-bond donors (Lipinski definition) is 1. The molecule has 0 saturated heterocycles. The molecule has 0 fully saturated rings. The van der Waals surface area contributed by atoms with Crippen molar-refractivity contribution in [3.63, 3.8) is 0 Å². The fraction of sp³-hybridized carbons (Fsp3) is 0.174. The van der Waals surface area contributed by atoms with Crippen molar-refractivity contribution in [2.75, 3.05) is 0 Å². The third-order valence-electron chi connectivity index (χ3n) is 4.29. The summed E-state index contributed by atoms with van der Waals surface area (Å²) in [5, 5.41) is 0.805. The average molecular weight is 451 g/mol. The molecule has 0 spiro atoms. The topological polar surface area (TPSA) is 52.3 Å². The van der Waals surface area contributed by atoms with Gasteiger partial charge >= 0.3 is 0 Å². The normalized spacial score (nSPS) is 11.7. The Labute approximate surface area is 187 Å². The lowest BCUT2D eigenvalue weighted by Crippen LogP contribution is -2.21. The zero-order chi connectivity index (χ0) is 20.3. The van der Waals surface area contributed by atoms with Gasteiger partial charge in [0.05, 0.1) is 22.2 Å². The largest absolute Gasteiger partial charge is 0.491 e. The summed E-state index contributed by atoms with van der Waals surface area (Å²) in [6, 6.07) is 19.4. The molecule has 0 aromatic heterocycles. The fourth-order valence-electron chi connectivity index (χ4n) is 2.88. The van der Waals surface area contributed by atoms with E-state index in [1.54, 1.807) is 30.3 Å². The molecule has 1 unspecified atom stereocenters. The summed E-state index contributed by atoms with van der Waals surface area (Å²) in [6.45, 7) is 3.98. The van der Waals surface area contributed by atoms with Gasteiger partial charge in [-0.05, 0) is 54.8 Å². The lowest BCUT2D eigenvalue weighted by molar-refractivity contribution is 0.0961. The van der Waals surface area contributed by atoms with Gasteiger partial charge in [-0.3, -0.25) is 4.79 Å². The van der Waals surface area contributed by atoms with Crippen molar-refractivity contribution in [1.82, 2.24) is 0 Å². The van der Waals surface area contributed by atoms with Crippen molar-refractivity contribution in [3.05, 3.63) is 87.9 Å². The van der Waals surface area contributed by atoms with Crippen LogP contribution in [0.4, 0.5) is 0 Å². The molecular formula is C23H22Cl3NO2. The highest BCUT2D eigenvalue weighted by Crippen LogP contribution is 2.28. The third kappa shape index (κ3) is 5.74. The number of nitrogens with two attached hydrogens (primary N) is 1. The van der Waals surface area contributed by atoms with E-state index >= 15 is 0 Å². The molecule has 3 nitrogen and oxygen atoms in total. The number of carbonyl (C=O) groups is 1. The first-order chi connectivity index (χ1) is 13.3. The molecule has 3 aromatic rings. The van der Waals surface area contributed by atoms with E-state index in [4.69, 9.17) is 33.7 Å². The molecule has 0 amide bonds. The van der Waals surface area contributed by atoms with Crippen LogP contribution < -0.4 is 10.5 Å². The number of rotatable bonds is 6. The molecule has 0 radical (unpaired) electrons. The molecule has 0 heterocycles. The van der Waals surface area contributed by atoms with Crippen LogP contribution in [-0.4, -0.2) is 11.9 Å². The number of ketones is 1. The summed E-state index contributed by atoms with van der Waals surface area (Å²) >= 11 is 12.0. The van der Waals surface area contributed by atoms with Gasteiger partial charge in [0.2, 0.25) is 0 Å². The predicted molar refractivity (Wildman–Crippen MR) is 123 cm³/mol. The van der Waals surface area contributed by atoms with E-state index in [2.05, 4.69) is 0 Å². The van der Waals surface area contributed by atoms with Gasteiger partial charge in [-0.1, -0.05) is 65.7 Å². The van der Waals surface area contributed by atoms with Crippen LogP contribution in [0.2, 0.25) is 10.0 Å². The Morgan fingerprint density at radius 2 is 1.59 bits per heavy atom. The van der Waals surface area contributed by atoms with Gasteiger partial charge in [0, 0.05) is 5.56 Å². The maximum atomic E-state index is 12.7.